The van der Waals surface area contributed by atoms with E-state index in [9.17, 15) is 4.79 Å². The molecule has 0 bridgehead atoms. The molecule has 0 aliphatic heterocycles. The van der Waals surface area contributed by atoms with Gasteiger partial charge in [0.25, 0.3) is 0 Å². The van der Waals surface area contributed by atoms with Crippen molar-refractivity contribution in [2.24, 2.45) is 11.3 Å². The van der Waals surface area contributed by atoms with Crippen LogP contribution in [0.15, 0.2) is 6.33 Å². The number of tetrazole rings is 1. The van der Waals surface area contributed by atoms with Gasteiger partial charge in [0.05, 0.1) is 0 Å². The summed E-state index contributed by atoms with van der Waals surface area (Å²) < 4.78 is 1.65. The van der Waals surface area contributed by atoms with Gasteiger partial charge in [0.1, 0.15) is 6.33 Å². The number of carbonyl (C=O) groups excluding carboxylic acids is 1. The van der Waals surface area contributed by atoms with E-state index in [0.717, 1.165) is 13.0 Å². The standard InChI is InChI=1S/C12H21N5O/c1-12(2)7-10(12)8-16(3)11(18)5-4-6-17-9-13-14-15-17/h9-10H,4-8H2,1-3H3. The van der Waals surface area contributed by atoms with Gasteiger partial charge in [-0.25, -0.2) is 4.68 Å². The predicted octanol–water partition coefficient (Wildman–Crippen LogP) is 0.958. The van der Waals surface area contributed by atoms with Gasteiger partial charge in [0.2, 0.25) is 5.91 Å². The van der Waals surface area contributed by atoms with Crippen LogP contribution in [0, 0.1) is 11.3 Å². The highest BCUT2D eigenvalue weighted by molar-refractivity contribution is 5.75. The molecule has 1 saturated carbocycles. The topological polar surface area (TPSA) is 63.9 Å². The maximum absolute atomic E-state index is 11.9. The molecule has 2 rings (SSSR count). The lowest BCUT2D eigenvalue weighted by atomic mass is 10.1. The molecule has 0 saturated heterocycles. The summed E-state index contributed by atoms with van der Waals surface area (Å²) in [5.74, 6) is 0.886. The van der Waals surface area contributed by atoms with Crippen molar-refractivity contribution in [2.45, 2.75) is 39.7 Å². The fourth-order valence-electron chi connectivity index (χ4n) is 2.19. The lowest BCUT2D eigenvalue weighted by molar-refractivity contribution is -0.130. The largest absolute Gasteiger partial charge is 0.345 e. The number of hydrogen-bond donors (Lipinski definition) is 0. The highest BCUT2D eigenvalue weighted by Crippen LogP contribution is 2.51. The van der Waals surface area contributed by atoms with E-state index in [0.29, 0.717) is 24.3 Å². The Balaban J connectivity index is 1.65. The first-order valence-corrected chi connectivity index (χ1v) is 6.44. The molecule has 100 valence electrons. The molecule has 1 heterocycles. The highest BCUT2D eigenvalue weighted by Gasteiger charge is 2.46. The molecule has 1 amide bonds. The van der Waals surface area contributed by atoms with Crippen LogP contribution in [0.1, 0.15) is 33.1 Å². The molecule has 6 nitrogen and oxygen atoms in total. The van der Waals surface area contributed by atoms with Crippen molar-refractivity contribution in [3.05, 3.63) is 6.33 Å². The van der Waals surface area contributed by atoms with E-state index >= 15 is 0 Å². The predicted molar refractivity (Wildman–Crippen MR) is 66.6 cm³/mol. The van der Waals surface area contributed by atoms with Gasteiger partial charge in [-0.3, -0.25) is 4.79 Å². The third-order valence-corrected chi connectivity index (χ3v) is 3.81. The number of rotatable bonds is 6. The van der Waals surface area contributed by atoms with Gasteiger partial charge in [0, 0.05) is 26.6 Å². The summed E-state index contributed by atoms with van der Waals surface area (Å²) in [4.78, 5) is 13.8. The molecule has 0 radical (unpaired) electrons. The summed E-state index contributed by atoms with van der Waals surface area (Å²) >= 11 is 0. The van der Waals surface area contributed by atoms with Crippen LogP contribution in [-0.2, 0) is 11.3 Å². The van der Waals surface area contributed by atoms with E-state index in [1.807, 2.05) is 11.9 Å². The number of nitrogens with zero attached hydrogens (tertiary/aromatic N) is 5. The average molecular weight is 251 g/mol. The van der Waals surface area contributed by atoms with Gasteiger partial charge in [-0.1, -0.05) is 13.8 Å². The minimum absolute atomic E-state index is 0.214. The van der Waals surface area contributed by atoms with Gasteiger partial charge in [-0.15, -0.1) is 5.10 Å². The van der Waals surface area contributed by atoms with E-state index in [1.54, 1.807) is 11.0 Å². The minimum Gasteiger partial charge on any atom is -0.345 e. The SMILES string of the molecule is CN(CC1CC1(C)C)C(=O)CCCn1cnnn1. The van der Waals surface area contributed by atoms with Crippen molar-refractivity contribution >= 4 is 5.91 Å². The molecule has 18 heavy (non-hydrogen) atoms. The molecule has 1 fully saturated rings. The van der Waals surface area contributed by atoms with Crippen molar-refractivity contribution in [1.29, 1.82) is 0 Å². The van der Waals surface area contributed by atoms with Crippen LogP contribution in [0.3, 0.4) is 0 Å². The zero-order chi connectivity index (χ0) is 13.2. The summed E-state index contributed by atoms with van der Waals surface area (Å²) in [7, 11) is 1.90. The van der Waals surface area contributed by atoms with E-state index in [-0.39, 0.29) is 5.91 Å². The lowest BCUT2D eigenvalue weighted by Gasteiger charge is -2.18. The number of aromatic nitrogens is 4. The van der Waals surface area contributed by atoms with Crippen molar-refractivity contribution in [1.82, 2.24) is 25.1 Å². The monoisotopic (exact) mass is 251 g/mol. The van der Waals surface area contributed by atoms with Gasteiger partial charge in [-0.2, -0.15) is 0 Å². The summed E-state index contributed by atoms with van der Waals surface area (Å²) in [5, 5.41) is 10.9. The fraction of sp³-hybridized carbons (Fsp3) is 0.833. The highest BCUT2D eigenvalue weighted by atomic mass is 16.2. The first-order chi connectivity index (χ1) is 8.49. The Morgan fingerprint density at radius 2 is 2.28 bits per heavy atom. The van der Waals surface area contributed by atoms with Crippen LogP contribution >= 0.6 is 0 Å². The van der Waals surface area contributed by atoms with Crippen molar-refractivity contribution in [2.75, 3.05) is 13.6 Å². The summed E-state index contributed by atoms with van der Waals surface area (Å²) in [5.41, 5.74) is 0.431. The van der Waals surface area contributed by atoms with Crippen LogP contribution in [0.2, 0.25) is 0 Å². The summed E-state index contributed by atoms with van der Waals surface area (Å²) in [6.07, 6.45) is 4.14. The van der Waals surface area contributed by atoms with E-state index in [2.05, 4.69) is 29.4 Å². The maximum Gasteiger partial charge on any atom is 0.222 e. The van der Waals surface area contributed by atoms with Crippen LogP contribution in [-0.4, -0.2) is 44.6 Å². The summed E-state index contributed by atoms with van der Waals surface area (Å²) in [6.45, 7) is 6.10. The Labute approximate surface area is 107 Å². The third-order valence-electron chi connectivity index (χ3n) is 3.81. The number of aryl methyl sites for hydroxylation is 1. The van der Waals surface area contributed by atoms with Crippen LogP contribution in [0.5, 0.6) is 0 Å². The molecule has 1 aliphatic rings. The molecule has 0 N–H and O–H groups in total. The van der Waals surface area contributed by atoms with Crippen molar-refractivity contribution in [3.8, 4) is 0 Å². The van der Waals surface area contributed by atoms with Gasteiger partial charge >= 0.3 is 0 Å². The Hall–Kier alpha value is -1.46. The second-order valence-electron chi connectivity index (χ2n) is 5.84. The maximum atomic E-state index is 11.9. The molecular formula is C12H21N5O. The second-order valence-corrected chi connectivity index (χ2v) is 5.84. The quantitative estimate of drug-likeness (QED) is 0.755. The zero-order valence-corrected chi connectivity index (χ0v) is 11.3. The summed E-state index contributed by atoms with van der Waals surface area (Å²) in [6, 6.07) is 0. The Morgan fingerprint density at radius 1 is 1.56 bits per heavy atom. The number of amides is 1. The molecule has 1 aromatic rings. The number of carbonyl (C=O) groups is 1. The van der Waals surface area contributed by atoms with Crippen LogP contribution in [0.25, 0.3) is 0 Å². The lowest BCUT2D eigenvalue weighted by Crippen LogP contribution is -2.29. The number of hydrogen-bond acceptors (Lipinski definition) is 4. The molecule has 1 aliphatic carbocycles. The Morgan fingerprint density at radius 3 is 2.83 bits per heavy atom. The third kappa shape index (κ3) is 3.27. The molecule has 1 aromatic heterocycles. The van der Waals surface area contributed by atoms with Gasteiger partial charge in [0.15, 0.2) is 0 Å². The molecule has 1 atom stereocenters. The van der Waals surface area contributed by atoms with Gasteiger partial charge in [-0.05, 0) is 34.6 Å². The normalized spacial score (nSPS) is 20.7. The Bertz CT molecular complexity index is 401. The minimum atomic E-state index is 0.214. The molecule has 0 spiro atoms. The molecule has 6 heteroatoms. The molecule has 1 unspecified atom stereocenters. The van der Waals surface area contributed by atoms with Crippen LogP contribution in [0.4, 0.5) is 0 Å². The zero-order valence-electron chi connectivity index (χ0n) is 11.3. The van der Waals surface area contributed by atoms with E-state index in [1.165, 1.54) is 6.42 Å². The van der Waals surface area contributed by atoms with Crippen molar-refractivity contribution < 1.29 is 4.79 Å². The molecular weight excluding hydrogens is 230 g/mol. The second kappa shape index (κ2) is 5.04. The first-order valence-electron chi connectivity index (χ1n) is 6.44. The van der Waals surface area contributed by atoms with Crippen molar-refractivity contribution in [3.63, 3.8) is 0 Å². The van der Waals surface area contributed by atoms with E-state index in [4.69, 9.17) is 0 Å². The first kappa shape index (κ1) is 13.0. The average Bonchev–Trinajstić information content (AvgIpc) is 2.74. The van der Waals surface area contributed by atoms with Gasteiger partial charge < -0.3 is 4.90 Å². The smallest absolute Gasteiger partial charge is 0.222 e. The van der Waals surface area contributed by atoms with Crippen LogP contribution < -0.4 is 0 Å². The Kier molecular flexibility index (Phi) is 3.63. The van der Waals surface area contributed by atoms with E-state index < -0.39 is 0 Å². The molecule has 0 aromatic carbocycles. The fourth-order valence-corrected chi connectivity index (χ4v) is 2.19.